The van der Waals surface area contributed by atoms with Crippen LogP contribution in [0.25, 0.3) is 0 Å². The van der Waals surface area contributed by atoms with E-state index < -0.39 is 0 Å². The van der Waals surface area contributed by atoms with E-state index >= 15 is 0 Å². The number of aliphatic hydroxyl groups excluding tert-OH is 1. The van der Waals surface area contributed by atoms with Crippen LogP contribution in [0.15, 0.2) is 17.5 Å². The summed E-state index contributed by atoms with van der Waals surface area (Å²) >= 11 is 1.66. The third kappa shape index (κ3) is 4.84. The molecule has 0 aliphatic heterocycles. The zero-order valence-electron chi connectivity index (χ0n) is 12.1. The van der Waals surface area contributed by atoms with Gasteiger partial charge in [-0.3, -0.25) is 0 Å². The van der Waals surface area contributed by atoms with E-state index in [2.05, 4.69) is 19.2 Å². The van der Waals surface area contributed by atoms with Gasteiger partial charge in [-0.2, -0.15) is 0 Å². The molecule has 2 N–H and O–H groups in total. The van der Waals surface area contributed by atoms with Gasteiger partial charge in [0, 0.05) is 11.9 Å². The number of carbonyl (C=O) groups is 1. The van der Waals surface area contributed by atoms with Crippen LogP contribution in [0.5, 0.6) is 0 Å². The number of likely N-dealkylation sites (N-methyl/N-ethyl adjacent to an activating group) is 1. The molecule has 4 nitrogen and oxygen atoms in total. The molecule has 2 atom stereocenters. The Morgan fingerprint density at radius 2 is 2.16 bits per heavy atom. The highest BCUT2D eigenvalue weighted by molar-refractivity contribution is 7.10. The lowest BCUT2D eigenvalue weighted by Gasteiger charge is -2.27. The van der Waals surface area contributed by atoms with Gasteiger partial charge in [0.25, 0.3) is 0 Å². The molecule has 0 fully saturated rings. The van der Waals surface area contributed by atoms with Crippen molar-refractivity contribution in [3.63, 3.8) is 0 Å². The maximum absolute atomic E-state index is 12.1. The quantitative estimate of drug-likeness (QED) is 0.844. The van der Waals surface area contributed by atoms with Gasteiger partial charge >= 0.3 is 6.03 Å². The highest BCUT2D eigenvalue weighted by Gasteiger charge is 2.21. The number of thiophene rings is 1. The Labute approximate surface area is 119 Å². The van der Waals surface area contributed by atoms with Crippen LogP contribution in [0.4, 0.5) is 4.79 Å². The largest absolute Gasteiger partial charge is 0.394 e. The van der Waals surface area contributed by atoms with Crippen LogP contribution in [0.3, 0.4) is 0 Å². The average Bonchev–Trinajstić information content (AvgIpc) is 2.89. The Hall–Kier alpha value is -1.07. The van der Waals surface area contributed by atoms with E-state index in [1.54, 1.807) is 23.3 Å². The van der Waals surface area contributed by atoms with Crippen molar-refractivity contribution >= 4 is 17.4 Å². The highest BCUT2D eigenvalue weighted by Crippen LogP contribution is 2.25. The van der Waals surface area contributed by atoms with E-state index in [1.165, 1.54) is 4.88 Å². The van der Waals surface area contributed by atoms with Crippen molar-refractivity contribution in [3.05, 3.63) is 22.4 Å². The fraction of sp³-hybridized carbons (Fsp3) is 0.643. The first-order valence-corrected chi connectivity index (χ1v) is 7.51. The van der Waals surface area contributed by atoms with E-state index in [1.807, 2.05) is 24.4 Å². The van der Waals surface area contributed by atoms with Crippen LogP contribution in [0.2, 0.25) is 0 Å². The molecule has 2 amide bonds. The van der Waals surface area contributed by atoms with Gasteiger partial charge < -0.3 is 15.3 Å². The molecule has 0 aliphatic rings. The second-order valence-electron chi connectivity index (χ2n) is 5.29. The fourth-order valence-electron chi connectivity index (χ4n) is 1.78. The molecule has 0 bridgehead atoms. The second-order valence-corrected chi connectivity index (χ2v) is 6.27. The minimum absolute atomic E-state index is 0.0300. The molecule has 19 heavy (non-hydrogen) atoms. The lowest BCUT2D eigenvalue weighted by molar-refractivity contribution is 0.154. The van der Waals surface area contributed by atoms with E-state index in [0.29, 0.717) is 5.92 Å². The molecule has 108 valence electrons. The summed E-state index contributed by atoms with van der Waals surface area (Å²) in [6.07, 6.45) is 0.910. The molecule has 0 saturated heterocycles. The van der Waals surface area contributed by atoms with Crippen LogP contribution in [0, 0.1) is 5.92 Å². The summed E-state index contributed by atoms with van der Waals surface area (Å²) in [5.41, 5.74) is 0. The van der Waals surface area contributed by atoms with Crippen LogP contribution in [0.1, 0.15) is 38.1 Å². The van der Waals surface area contributed by atoms with Crippen molar-refractivity contribution in [3.8, 4) is 0 Å². The summed E-state index contributed by atoms with van der Waals surface area (Å²) in [6.45, 7) is 6.08. The van der Waals surface area contributed by atoms with Gasteiger partial charge in [-0.05, 0) is 30.7 Å². The van der Waals surface area contributed by atoms with Crippen molar-refractivity contribution in [2.24, 2.45) is 5.92 Å². The van der Waals surface area contributed by atoms with Gasteiger partial charge in [-0.1, -0.05) is 19.9 Å². The Morgan fingerprint density at radius 3 is 2.63 bits per heavy atom. The number of nitrogens with one attached hydrogen (secondary N) is 1. The molecule has 5 heteroatoms. The number of hydrogen-bond donors (Lipinski definition) is 2. The normalized spacial score (nSPS) is 14.2. The molecule has 0 saturated carbocycles. The van der Waals surface area contributed by atoms with Crippen LogP contribution < -0.4 is 5.32 Å². The Kier molecular flexibility index (Phi) is 6.31. The monoisotopic (exact) mass is 284 g/mol. The smallest absolute Gasteiger partial charge is 0.317 e. The summed E-state index contributed by atoms with van der Waals surface area (Å²) in [6, 6.07) is 3.77. The number of urea groups is 1. The first kappa shape index (κ1) is 16.0. The molecular formula is C14H24N2O2S. The van der Waals surface area contributed by atoms with Gasteiger partial charge in [0.15, 0.2) is 0 Å². The summed E-state index contributed by atoms with van der Waals surface area (Å²) in [5.74, 6) is 0.507. The Morgan fingerprint density at radius 1 is 1.47 bits per heavy atom. The standard InChI is InChI=1S/C14H24N2O2S/c1-10(2)8-12(13-6-5-7-19-13)15-14(18)16(4)11(3)9-17/h5-7,10-12,17H,8-9H2,1-4H3,(H,15,18). The van der Waals surface area contributed by atoms with Gasteiger partial charge in [-0.15, -0.1) is 11.3 Å². The summed E-state index contributed by atoms with van der Waals surface area (Å²) in [7, 11) is 1.71. The van der Waals surface area contributed by atoms with E-state index in [0.717, 1.165) is 6.42 Å². The molecule has 0 radical (unpaired) electrons. The summed E-state index contributed by atoms with van der Waals surface area (Å²) in [4.78, 5) is 14.9. The lowest BCUT2D eigenvalue weighted by atomic mass is 10.0. The minimum Gasteiger partial charge on any atom is -0.394 e. The molecule has 1 rings (SSSR count). The molecule has 0 aliphatic carbocycles. The number of carbonyl (C=O) groups excluding carboxylic acids is 1. The second kappa shape index (κ2) is 7.50. The molecule has 2 unspecified atom stereocenters. The number of rotatable bonds is 6. The third-order valence-corrected chi connectivity index (χ3v) is 4.12. The molecule has 0 spiro atoms. The molecule has 1 heterocycles. The van der Waals surface area contributed by atoms with Crippen molar-refractivity contribution < 1.29 is 9.90 Å². The van der Waals surface area contributed by atoms with Gasteiger partial charge in [0.05, 0.1) is 18.7 Å². The summed E-state index contributed by atoms with van der Waals surface area (Å²) < 4.78 is 0. The fourth-order valence-corrected chi connectivity index (χ4v) is 2.57. The first-order valence-electron chi connectivity index (χ1n) is 6.63. The Bertz CT molecular complexity index is 379. The molecular weight excluding hydrogens is 260 g/mol. The predicted molar refractivity (Wildman–Crippen MR) is 79.4 cm³/mol. The SMILES string of the molecule is CC(C)CC(NC(=O)N(C)C(C)CO)c1cccs1. The number of amides is 2. The lowest BCUT2D eigenvalue weighted by Crippen LogP contribution is -2.45. The zero-order valence-corrected chi connectivity index (χ0v) is 12.9. The molecule has 1 aromatic heterocycles. The van der Waals surface area contributed by atoms with Crippen molar-refractivity contribution in [1.29, 1.82) is 0 Å². The van der Waals surface area contributed by atoms with Gasteiger partial charge in [-0.25, -0.2) is 4.79 Å². The Balaban J connectivity index is 2.70. The molecule has 0 aromatic carbocycles. The highest BCUT2D eigenvalue weighted by atomic mass is 32.1. The van der Waals surface area contributed by atoms with Crippen LogP contribution in [-0.4, -0.2) is 35.7 Å². The van der Waals surface area contributed by atoms with E-state index in [-0.39, 0.29) is 24.7 Å². The van der Waals surface area contributed by atoms with Crippen molar-refractivity contribution in [2.75, 3.05) is 13.7 Å². The number of aliphatic hydroxyl groups is 1. The van der Waals surface area contributed by atoms with Crippen molar-refractivity contribution in [1.82, 2.24) is 10.2 Å². The number of hydrogen-bond acceptors (Lipinski definition) is 3. The van der Waals surface area contributed by atoms with Gasteiger partial charge in [0.2, 0.25) is 0 Å². The number of nitrogens with zero attached hydrogens (tertiary/aromatic N) is 1. The third-order valence-electron chi connectivity index (χ3n) is 3.14. The summed E-state index contributed by atoms with van der Waals surface area (Å²) in [5, 5.41) is 14.2. The van der Waals surface area contributed by atoms with Gasteiger partial charge in [0.1, 0.15) is 0 Å². The predicted octanol–water partition coefficient (Wildman–Crippen LogP) is 2.86. The van der Waals surface area contributed by atoms with E-state index in [4.69, 9.17) is 5.11 Å². The van der Waals surface area contributed by atoms with E-state index in [9.17, 15) is 4.79 Å². The first-order chi connectivity index (χ1) is 8.95. The average molecular weight is 284 g/mol. The van der Waals surface area contributed by atoms with Crippen molar-refractivity contribution in [2.45, 2.75) is 39.3 Å². The maximum atomic E-state index is 12.1. The molecule has 1 aromatic rings. The van der Waals surface area contributed by atoms with Crippen LogP contribution in [-0.2, 0) is 0 Å². The topological polar surface area (TPSA) is 52.6 Å². The maximum Gasteiger partial charge on any atom is 0.317 e. The zero-order chi connectivity index (χ0) is 14.4. The van der Waals surface area contributed by atoms with Crippen LogP contribution >= 0.6 is 11.3 Å². The minimum atomic E-state index is -0.178.